The molecule has 0 spiro atoms. The molecule has 1 aromatic heterocycles. The van der Waals surface area contributed by atoms with Crippen molar-refractivity contribution in [3.63, 3.8) is 0 Å². The summed E-state index contributed by atoms with van der Waals surface area (Å²) in [5.41, 5.74) is 1.73. The molecule has 1 amide bonds. The molecule has 0 atom stereocenters. The average molecular weight is 424 g/mol. The average Bonchev–Trinajstić information content (AvgIpc) is 3.30. The number of carbonyl (C=O) groups is 1. The first-order chi connectivity index (χ1) is 14.6. The van der Waals surface area contributed by atoms with Crippen molar-refractivity contribution in [2.75, 3.05) is 21.3 Å². The van der Waals surface area contributed by atoms with Gasteiger partial charge in [-0.3, -0.25) is 4.79 Å². The Morgan fingerprint density at radius 2 is 1.73 bits per heavy atom. The lowest BCUT2D eigenvalue weighted by Gasteiger charge is -2.22. The first kappa shape index (κ1) is 21.5. The predicted molar refractivity (Wildman–Crippen MR) is 120 cm³/mol. The molecule has 0 fully saturated rings. The molecular weight excluding hydrogens is 398 g/mol. The largest absolute Gasteiger partial charge is 0.497 e. The summed E-state index contributed by atoms with van der Waals surface area (Å²) in [5, 5.41) is 2.01. The summed E-state index contributed by atoms with van der Waals surface area (Å²) in [6.45, 7) is 0.967. The molecule has 3 aromatic rings. The minimum atomic E-state index is -0.0980. The maximum absolute atomic E-state index is 13.1. The van der Waals surface area contributed by atoms with Crippen LogP contribution in [0.15, 0.2) is 66.1 Å². The van der Waals surface area contributed by atoms with Gasteiger partial charge in [-0.2, -0.15) is 0 Å². The van der Waals surface area contributed by atoms with Crippen LogP contribution in [0.2, 0.25) is 0 Å². The topological polar surface area (TPSA) is 48.0 Å². The van der Waals surface area contributed by atoms with E-state index < -0.39 is 0 Å². The maximum atomic E-state index is 13.1. The van der Waals surface area contributed by atoms with Crippen molar-refractivity contribution < 1.29 is 19.0 Å². The van der Waals surface area contributed by atoms with Crippen molar-refractivity contribution in [2.24, 2.45) is 0 Å². The molecule has 1 heterocycles. The van der Waals surface area contributed by atoms with Crippen molar-refractivity contribution in [3.8, 4) is 17.2 Å². The third kappa shape index (κ3) is 5.42. The fourth-order valence-electron chi connectivity index (χ4n) is 3.08. The molecule has 0 radical (unpaired) electrons. The van der Waals surface area contributed by atoms with Gasteiger partial charge in [-0.1, -0.05) is 24.3 Å². The van der Waals surface area contributed by atoms with Gasteiger partial charge in [-0.15, -0.1) is 11.3 Å². The van der Waals surface area contributed by atoms with E-state index in [0.29, 0.717) is 24.6 Å². The second kappa shape index (κ2) is 10.5. The summed E-state index contributed by atoms with van der Waals surface area (Å²) >= 11 is 1.63. The Morgan fingerprint density at radius 1 is 0.933 bits per heavy atom. The zero-order chi connectivity index (χ0) is 21.3. The van der Waals surface area contributed by atoms with Crippen LogP contribution in [0.25, 0.3) is 6.08 Å². The lowest BCUT2D eigenvalue weighted by atomic mass is 10.1. The molecule has 0 unspecified atom stereocenters. The van der Waals surface area contributed by atoms with Crippen LogP contribution in [-0.4, -0.2) is 32.1 Å². The minimum absolute atomic E-state index is 0.0980. The highest BCUT2D eigenvalue weighted by Gasteiger charge is 2.15. The van der Waals surface area contributed by atoms with Gasteiger partial charge in [0.25, 0.3) is 0 Å². The molecule has 6 heteroatoms. The number of para-hydroxylation sites is 1. The van der Waals surface area contributed by atoms with Crippen LogP contribution in [0, 0.1) is 0 Å². The molecule has 3 rings (SSSR count). The highest BCUT2D eigenvalue weighted by atomic mass is 32.1. The van der Waals surface area contributed by atoms with E-state index in [9.17, 15) is 4.79 Å². The van der Waals surface area contributed by atoms with Gasteiger partial charge in [0.1, 0.15) is 17.2 Å². The molecule has 0 aliphatic rings. The number of benzene rings is 2. The van der Waals surface area contributed by atoms with Crippen LogP contribution in [-0.2, 0) is 17.9 Å². The number of rotatable bonds is 9. The zero-order valence-corrected chi connectivity index (χ0v) is 18.1. The number of methoxy groups -OCH3 is 3. The fraction of sp³-hybridized carbons (Fsp3) is 0.208. The van der Waals surface area contributed by atoms with Gasteiger partial charge >= 0.3 is 0 Å². The van der Waals surface area contributed by atoms with Crippen molar-refractivity contribution in [3.05, 3.63) is 82.1 Å². The van der Waals surface area contributed by atoms with Gasteiger partial charge in [0.05, 0.1) is 27.9 Å². The summed E-state index contributed by atoms with van der Waals surface area (Å²) in [6, 6.07) is 17.2. The third-order valence-electron chi connectivity index (χ3n) is 4.63. The fourth-order valence-corrected chi connectivity index (χ4v) is 3.80. The van der Waals surface area contributed by atoms with Crippen molar-refractivity contribution in [2.45, 2.75) is 13.1 Å². The first-order valence-corrected chi connectivity index (χ1v) is 10.4. The molecule has 0 saturated carbocycles. The van der Waals surface area contributed by atoms with Crippen LogP contribution in [0.1, 0.15) is 16.0 Å². The van der Waals surface area contributed by atoms with E-state index in [1.807, 2.05) is 60.0 Å². The Kier molecular flexibility index (Phi) is 7.51. The second-order valence-electron chi connectivity index (χ2n) is 6.53. The monoisotopic (exact) mass is 423 g/mol. The Labute approximate surface area is 181 Å². The normalized spacial score (nSPS) is 10.8. The maximum Gasteiger partial charge on any atom is 0.247 e. The van der Waals surface area contributed by atoms with Gasteiger partial charge in [0.2, 0.25) is 5.91 Å². The Balaban J connectivity index is 1.85. The molecule has 0 aliphatic carbocycles. The smallest absolute Gasteiger partial charge is 0.247 e. The van der Waals surface area contributed by atoms with Crippen LogP contribution in [0.4, 0.5) is 0 Å². The summed E-state index contributed by atoms with van der Waals surface area (Å²) in [6.07, 6.45) is 3.33. The number of amides is 1. The van der Waals surface area contributed by atoms with Crippen LogP contribution in [0.3, 0.4) is 0 Å². The molecular formula is C24H25NO4S. The van der Waals surface area contributed by atoms with E-state index in [1.54, 1.807) is 49.7 Å². The van der Waals surface area contributed by atoms with E-state index in [4.69, 9.17) is 14.2 Å². The highest BCUT2D eigenvalue weighted by Crippen LogP contribution is 2.26. The van der Waals surface area contributed by atoms with Gasteiger partial charge < -0.3 is 19.1 Å². The van der Waals surface area contributed by atoms with Crippen molar-refractivity contribution in [1.29, 1.82) is 0 Å². The molecule has 0 bridgehead atoms. The van der Waals surface area contributed by atoms with E-state index in [-0.39, 0.29) is 5.91 Å². The van der Waals surface area contributed by atoms with Crippen LogP contribution < -0.4 is 14.2 Å². The van der Waals surface area contributed by atoms with Crippen LogP contribution in [0.5, 0.6) is 17.2 Å². The molecule has 5 nitrogen and oxygen atoms in total. The number of nitrogens with zero attached hydrogens (tertiary/aromatic N) is 1. The second-order valence-corrected chi connectivity index (χ2v) is 7.56. The summed E-state index contributed by atoms with van der Waals surface area (Å²) in [5.74, 6) is 2.04. The molecule has 0 N–H and O–H groups in total. The summed E-state index contributed by atoms with van der Waals surface area (Å²) in [7, 11) is 4.85. The van der Waals surface area contributed by atoms with Crippen LogP contribution >= 0.6 is 11.3 Å². The Hall–Kier alpha value is -3.25. The quantitative estimate of drug-likeness (QED) is 0.454. The number of thiophene rings is 1. The van der Waals surface area contributed by atoms with Gasteiger partial charge in [-0.05, 0) is 41.8 Å². The predicted octanol–water partition coefficient (Wildman–Crippen LogP) is 5.02. The molecule has 0 saturated heterocycles. The Bertz CT molecular complexity index is 998. The number of carbonyl (C=O) groups excluding carboxylic acids is 1. The van der Waals surface area contributed by atoms with E-state index in [1.165, 1.54) is 0 Å². The highest BCUT2D eigenvalue weighted by molar-refractivity contribution is 7.09. The first-order valence-electron chi connectivity index (χ1n) is 9.48. The Morgan fingerprint density at radius 3 is 2.43 bits per heavy atom. The molecule has 156 valence electrons. The van der Waals surface area contributed by atoms with E-state index >= 15 is 0 Å². The standard InChI is InChI=1S/C24H25NO4S/c1-27-20-11-12-23(29-3)18(15-20)10-13-24(26)25(17-21-8-6-14-30-21)16-19-7-4-5-9-22(19)28-2/h4-15H,16-17H2,1-3H3/b13-10+. The SMILES string of the molecule is COc1ccc(OC)c(/C=C/C(=O)N(Cc2cccs2)Cc2ccccc2OC)c1. The number of ether oxygens (including phenoxy) is 3. The minimum Gasteiger partial charge on any atom is -0.497 e. The third-order valence-corrected chi connectivity index (χ3v) is 5.50. The van der Waals surface area contributed by atoms with Crippen molar-refractivity contribution in [1.82, 2.24) is 4.90 Å². The number of hydrogen-bond acceptors (Lipinski definition) is 5. The summed E-state index contributed by atoms with van der Waals surface area (Å²) < 4.78 is 16.2. The van der Waals surface area contributed by atoms with E-state index in [2.05, 4.69) is 0 Å². The van der Waals surface area contributed by atoms with E-state index in [0.717, 1.165) is 21.8 Å². The van der Waals surface area contributed by atoms with Gasteiger partial charge in [-0.25, -0.2) is 0 Å². The lowest BCUT2D eigenvalue weighted by molar-refractivity contribution is -0.127. The molecule has 2 aromatic carbocycles. The van der Waals surface area contributed by atoms with Gasteiger partial charge in [0.15, 0.2) is 0 Å². The molecule has 30 heavy (non-hydrogen) atoms. The van der Waals surface area contributed by atoms with Crippen molar-refractivity contribution >= 4 is 23.3 Å². The lowest BCUT2D eigenvalue weighted by Crippen LogP contribution is -2.28. The summed E-state index contributed by atoms with van der Waals surface area (Å²) in [4.78, 5) is 16.0. The zero-order valence-electron chi connectivity index (χ0n) is 17.3. The number of hydrogen-bond donors (Lipinski definition) is 0. The molecule has 0 aliphatic heterocycles. The van der Waals surface area contributed by atoms with Gasteiger partial charge in [0, 0.05) is 28.6 Å².